The molecule has 2 aromatic rings. The van der Waals surface area contributed by atoms with Gasteiger partial charge < -0.3 is 10.6 Å². The van der Waals surface area contributed by atoms with Crippen LogP contribution in [0.4, 0.5) is 17.6 Å². The molecule has 0 unspecified atom stereocenters. The number of alkyl halides is 3. The molecule has 12 heteroatoms. The number of rotatable bonds is 7. The molecule has 172 valence electrons. The third-order valence-corrected chi connectivity index (χ3v) is 5.53. The lowest BCUT2D eigenvalue weighted by Crippen LogP contribution is -2.36. The summed E-state index contributed by atoms with van der Waals surface area (Å²) < 4.78 is 77.8. The summed E-state index contributed by atoms with van der Waals surface area (Å²) in [4.78, 5) is 3.96. The van der Waals surface area contributed by atoms with E-state index in [-0.39, 0.29) is 47.8 Å². The van der Waals surface area contributed by atoms with E-state index in [2.05, 4.69) is 20.3 Å². The summed E-state index contributed by atoms with van der Waals surface area (Å²) in [5, 5.41) is 5.72. The zero-order chi connectivity index (χ0) is 22.4. The zero-order valence-corrected chi connectivity index (χ0v) is 19.9. The van der Waals surface area contributed by atoms with E-state index in [0.29, 0.717) is 18.2 Å². The fourth-order valence-electron chi connectivity index (χ4n) is 2.60. The lowest BCUT2D eigenvalue weighted by Gasteiger charge is -2.16. The molecule has 0 atom stereocenters. The van der Waals surface area contributed by atoms with Crippen LogP contribution in [0.25, 0.3) is 0 Å². The summed E-state index contributed by atoms with van der Waals surface area (Å²) in [6.45, 7) is 0.115. The van der Waals surface area contributed by atoms with Gasteiger partial charge in [-0.1, -0.05) is 30.3 Å². The normalized spacial score (nSPS) is 12.3. The Morgan fingerprint density at radius 1 is 1.00 bits per heavy atom. The van der Waals surface area contributed by atoms with Gasteiger partial charge in [0.05, 0.1) is 11.3 Å². The smallest absolute Gasteiger partial charge is 0.352 e. The molecule has 0 aliphatic heterocycles. The van der Waals surface area contributed by atoms with Gasteiger partial charge in [0, 0.05) is 20.1 Å². The Morgan fingerprint density at radius 3 is 2.13 bits per heavy atom. The maximum absolute atomic E-state index is 13.2. The maximum atomic E-state index is 13.2. The molecule has 0 aliphatic carbocycles. The molecule has 2 rings (SSSR count). The van der Waals surface area contributed by atoms with Crippen LogP contribution in [0.1, 0.15) is 22.3 Å². The number of hydrogen-bond donors (Lipinski definition) is 3. The molecule has 0 amide bonds. The highest BCUT2D eigenvalue weighted by Crippen LogP contribution is 2.32. The van der Waals surface area contributed by atoms with Crippen molar-refractivity contribution in [2.24, 2.45) is 4.99 Å². The van der Waals surface area contributed by atoms with Crippen LogP contribution in [0.2, 0.25) is 0 Å². The first-order valence-electron chi connectivity index (χ1n) is 8.83. The van der Waals surface area contributed by atoms with Gasteiger partial charge >= 0.3 is 6.18 Å². The van der Waals surface area contributed by atoms with Crippen molar-refractivity contribution in [3.05, 3.63) is 70.5 Å². The first kappa shape index (κ1) is 27.1. The van der Waals surface area contributed by atoms with Crippen molar-refractivity contribution in [3.63, 3.8) is 0 Å². The predicted octanol–water partition coefficient (Wildman–Crippen LogP) is 3.38. The molecule has 0 fully saturated rings. The first-order valence-corrected chi connectivity index (χ1v) is 10.5. The quantitative estimate of drug-likeness (QED) is 0.205. The zero-order valence-electron chi connectivity index (χ0n) is 16.8. The Balaban J connectivity index is 0.00000480. The fourth-order valence-corrected chi connectivity index (χ4v) is 3.37. The number of nitrogens with zero attached hydrogens (tertiary/aromatic N) is 1. The number of guanidine groups is 1. The minimum Gasteiger partial charge on any atom is -0.352 e. The lowest BCUT2D eigenvalue weighted by molar-refractivity contribution is -0.138. The summed E-state index contributed by atoms with van der Waals surface area (Å²) in [7, 11) is -0.552. The third-order valence-electron chi connectivity index (χ3n) is 4.20. The van der Waals surface area contributed by atoms with Crippen molar-refractivity contribution >= 4 is 40.0 Å². The number of hydrogen-bond acceptors (Lipinski definition) is 3. The molecular formula is C19H23F4IN4O2S. The van der Waals surface area contributed by atoms with Crippen LogP contribution in [0.5, 0.6) is 0 Å². The van der Waals surface area contributed by atoms with Crippen molar-refractivity contribution in [1.82, 2.24) is 15.4 Å². The third kappa shape index (κ3) is 8.61. The molecule has 0 spiro atoms. The highest BCUT2D eigenvalue weighted by atomic mass is 127. The van der Waals surface area contributed by atoms with E-state index in [1.165, 1.54) is 14.1 Å². The van der Waals surface area contributed by atoms with Crippen LogP contribution in [0.3, 0.4) is 0 Å². The molecule has 0 aliphatic rings. The second kappa shape index (κ2) is 11.6. The van der Waals surface area contributed by atoms with Crippen molar-refractivity contribution in [1.29, 1.82) is 0 Å². The van der Waals surface area contributed by atoms with Gasteiger partial charge in [0.2, 0.25) is 10.0 Å². The average Bonchev–Trinajstić information content (AvgIpc) is 2.69. The minimum absolute atomic E-state index is 0. The van der Waals surface area contributed by atoms with Crippen molar-refractivity contribution in [2.75, 3.05) is 14.1 Å². The van der Waals surface area contributed by atoms with Gasteiger partial charge in [-0.2, -0.15) is 13.2 Å². The van der Waals surface area contributed by atoms with Gasteiger partial charge in [0.1, 0.15) is 5.82 Å². The number of nitrogens with one attached hydrogen (secondary N) is 3. The first-order chi connectivity index (χ1) is 14.0. The lowest BCUT2D eigenvalue weighted by atomic mass is 10.1. The second-order valence-corrected chi connectivity index (χ2v) is 8.28. The monoisotopic (exact) mass is 574 g/mol. The van der Waals surface area contributed by atoms with E-state index in [0.717, 1.165) is 17.7 Å². The number of aliphatic imine (C=N–C) groups is 1. The molecule has 0 radical (unpaired) electrons. The maximum Gasteiger partial charge on any atom is 0.416 e. The summed E-state index contributed by atoms with van der Waals surface area (Å²) in [6.07, 6.45) is -4.67. The predicted molar refractivity (Wildman–Crippen MR) is 122 cm³/mol. The van der Waals surface area contributed by atoms with E-state index >= 15 is 0 Å². The molecule has 0 heterocycles. The Morgan fingerprint density at radius 2 is 1.58 bits per heavy atom. The van der Waals surface area contributed by atoms with Crippen LogP contribution in [-0.2, 0) is 35.0 Å². The fraction of sp³-hybridized carbons (Fsp3) is 0.316. The molecule has 0 bridgehead atoms. The van der Waals surface area contributed by atoms with E-state index in [1.54, 1.807) is 24.3 Å². The van der Waals surface area contributed by atoms with Gasteiger partial charge in [0.25, 0.3) is 0 Å². The summed E-state index contributed by atoms with van der Waals surface area (Å²) >= 11 is 0. The molecule has 3 N–H and O–H groups in total. The standard InChI is InChI=1S/C19H22F4N4O2S.HI/c1-24-18(27-11-15-7-8-16(20)9-17(15)19(21,22)23)26-10-13-3-5-14(6-4-13)12-30(28,29)25-2;/h3-9,25H,10-12H2,1-2H3,(H2,24,26,27);1H. The number of halogens is 5. The molecule has 31 heavy (non-hydrogen) atoms. The molecule has 0 saturated heterocycles. The van der Waals surface area contributed by atoms with Crippen LogP contribution in [0.15, 0.2) is 47.5 Å². The summed E-state index contributed by atoms with van der Waals surface area (Å²) in [5.74, 6) is -0.839. The molecular weight excluding hydrogens is 551 g/mol. The van der Waals surface area contributed by atoms with E-state index in [9.17, 15) is 26.0 Å². The van der Waals surface area contributed by atoms with E-state index in [1.807, 2.05) is 0 Å². The molecule has 2 aromatic carbocycles. The summed E-state index contributed by atoms with van der Waals surface area (Å²) in [6, 6.07) is 9.34. The largest absolute Gasteiger partial charge is 0.416 e. The van der Waals surface area contributed by atoms with Crippen molar-refractivity contribution < 1.29 is 26.0 Å². The Labute approximate surface area is 195 Å². The van der Waals surface area contributed by atoms with Gasteiger partial charge in [0.15, 0.2) is 5.96 Å². The Kier molecular flexibility index (Phi) is 10.2. The SMILES string of the molecule is CN=C(NCc1ccc(CS(=O)(=O)NC)cc1)NCc1ccc(F)cc1C(F)(F)F.I. The van der Waals surface area contributed by atoms with Gasteiger partial charge in [-0.3, -0.25) is 4.99 Å². The number of sulfonamides is 1. The second-order valence-electron chi connectivity index (χ2n) is 6.36. The van der Waals surface area contributed by atoms with Gasteiger partial charge in [-0.15, -0.1) is 24.0 Å². The van der Waals surface area contributed by atoms with Gasteiger partial charge in [-0.25, -0.2) is 17.5 Å². The van der Waals surface area contributed by atoms with E-state index < -0.39 is 27.6 Å². The van der Waals surface area contributed by atoms with Crippen molar-refractivity contribution in [2.45, 2.75) is 25.0 Å². The number of benzene rings is 2. The molecule has 6 nitrogen and oxygen atoms in total. The summed E-state index contributed by atoms with van der Waals surface area (Å²) in [5.41, 5.74) is 0.285. The molecule has 0 saturated carbocycles. The topological polar surface area (TPSA) is 82.6 Å². The Hall–Kier alpha value is -1.93. The molecule has 0 aromatic heterocycles. The highest BCUT2D eigenvalue weighted by Gasteiger charge is 2.33. The van der Waals surface area contributed by atoms with Crippen molar-refractivity contribution in [3.8, 4) is 0 Å². The van der Waals surface area contributed by atoms with Crippen LogP contribution < -0.4 is 15.4 Å². The van der Waals surface area contributed by atoms with Crippen LogP contribution in [-0.4, -0.2) is 28.5 Å². The van der Waals surface area contributed by atoms with Crippen LogP contribution in [0, 0.1) is 5.82 Å². The Bertz CT molecular complexity index is 997. The highest BCUT2D eigenvalue weighted by molar-refractivity contribution is 14.0. The minimum atomic E-state index is -4.67. The van der Waals surface area contributed by atoms with E-state index in [4.69, 9.17) is 0 Å². The average molecular weight is 574 g/mol. The van der Waals surface area contributed by atoms with Gasteiger partial charge in [-0.05, 0) is 35.9 Å². The van der Waals surface area contributed by atoms with Crippen LogP contribution >= 0.6 is 24.0 Å².